The van der Waals surface area contributed by atoms with E-state index in [4.69, 9.17) is 28.2 Å². The number of fused-ring (bicyclic) bond motifs is 1. The molecule has 0 radical (unpaired) electrons. The van der Waals surface area contributed by atoms with E-state index in [9.17, 15) is 4.79 Å². The molecule has 1 amide bonds. The zero-order valence-corrected chi connectivity index (χ0v) is 23.4. The molecule has 0 spiro atoms. The third-order valence-electron chi connectivity index (χ3n) is 7.22. The highest BCUT2D eigenvalue weighted by atomic mass is 35.5. The van der Waals surface area contributed by atoms with Gasteiger partial charge in [-0.05, 0) is 72.6 Å². The first-order chi connectivity index (χ1) is 19.5. The number of anilines is 1. The van der Waals surface area contributed by atoms with Gasteiger partial charge in [0.05, 0.1) is 11.7 Å². The lowest BCUT2D eigenvalue weighted by Gasteiger charge is -2.26. The van der Waals surface area contributed by atoms with E-state index in [-0.39, 0.29) is 24.4 Å². The minimum atomic E-state index is -0.291. The predicted octanol–water partition coefficient (Wildman–Crippen LogP) is 7.46. The van der Waals surface area contributed by atoms with Crippen molar-refractivity contribution in [3.05, 3.63) is 119 Å². The van der Waals surface area contributed by atoms with E-state index in [1.165, 1.54) is 0 Å². The van der Waals surface area contributed by atoms with Gasteiger partial charge in [0.2, 0.25) is 5.91 Å². The molecule has 1 fully saturated rings. The van der Waals surface area contributed by atoms with Crippen LogP contribution in [0.4, 0.5) is 5.69 Å². The van der Waals surface area contributed by atoms with Crippen molar-refractivity contribution in [2.45, 2.75) is 25.4 Å². The van der Waals surface area contributed by atoms with Gasteiger partial charge in [0.15, 0.2) is 5.11 Å². The van der Waals surface area contributed by atoms with Crippen LogP contribution in [0.15, 0.2) is 102 Å². The van der Waals surface area contributed by atoms with Crippen LogP contribution in [0.3, 0.4) is 0 Å². The normalized spacial score (nSPS) is 16.8. The van der Waals surface area contributed by atoms with Gasteiger partial charge in [0.1, 0.15) is 17.6 Å². The van der Waals surface area contributed by atoms with Crippen LogP contribution in [0.1, 0.15) is 35.5 Å². The molecule has 8 heteroatoms. The topological polar surface area (TPSA) is 70.4 Å². The van der Waals surface area contributed by atoms with E-state index in [1.807, 2.05) is 103 Å². The number of nitrogens with zero attached hydrogens (tertiary/aromatic N) is 2. The average Bonchev–Trinajstić information content (AvgIpc) is 3.58. The van der Waals surface area contributed by atoms with E-state index in [0.717, 1.165) is 44.8 Å². The van der Waals surface area contributed by atoms with Gasteiger partial charge in [-0.1, -0.05) is 60.1 Å². The monoisotopic (exact) mass is 566 g/mol. The number of aromatic nitrogens is 1. The highest BCUT2D eigenvalue weighted by Crippen LogP contribution is 2.41. The van der Waals surface area contributed by atoms with Crippen LogP contribution < -0.4 is 10.6 Å². The van der Waals surface area contributed by atoms with Crippen LogP contribution in [-0.4, -0.2) is 27.4 Å². The molecule has 0 unspecified atom stereocenters. The molecule has 3 heterocycles. The van der Waals surface area contributed by atoms with Crippen molar-refractivity contribution in [1.82, 2.24) is 15.2 Å². The van der Waals surface area contributed by atoms with Crippen LogP contribution in [0.25, 0.3) is 22.1 Å². The maximum Gasteiger partial charge on any atom is 0.226 e. The first kappa shape index (κ1) is 26.0. The fourth-order valence-corrected chi connectivity index (χ4v) is 5.74. The van der Waals surface area contributed by atoms with Gasteiger partial charge in [-0.3, -0.25) is 9.78 Å². The van der Waals surface area contributed by atoms with Crippen LogP contribution in [0, 0.1) is 6.92 Å². The molecule has 2 N–H and O–H groups in total. The summed E-state index contributed by atoms with van der Waals surface area (Å²) >= 11 is 12.1. The summed E-state index contributed by atoms with van der Waals surface area (Å²) in [7, 11) is 0. The number of nitrogens with one attached hydrogen (secondary N) is 2. The maximum atomic E-state index is 13.1. The van der Waals surface area contributed by atoms with Crippen LogP contribution in [0.2, 0.25) is 5.02 Å². The fraction of sp³-hybridized carbons (Fsp3) is 0.156. The molecule has 40 heavy (non-hydrogen) atoms. The number of rotatable bonds is 7. The molecule has 2 aromatic heterocycles. The van der Waals surface area contributed by atoms with Crippen molar-refractivity contribution in [3.8, 4) is 11.3 Å². The van der Waals surface area contributed by atoms with Crippen molar-refractivity contribution in [2.24, 2.45) is 0 Å². The Morgan fingerprint density at radius 3 is 2.73 bits per heavy atom. The summed E-state index contributed by atoms with van der Waals surface area (Å²) in [5, 5.41) is 9.78. The zero-order chi connectivity index (χ0) is 27.6. The molecule has 200 valence electrons. The lowest BCUT2D eigenvalue weighted by atomic mass is 10.0. The Hall–Kier alpha value is -4.20. The second kappa shape index (κ2) is 11.1. The summed E-state index contributed by atoms with van der Waals surface area (Å²) in [5.41, 5.74) is 3.63. The highest BCUT2D eigenvalue weighted by Gasteiger charge is 2.41. The van der Waals surface area contributed by atoms with Gasteiger partial charge in [0.25, 0.3) is 0 Å². The number of carbonyl (C=O) groups excluding carboxylic acids is 1. The number of halogens is 1. The van der Waals surface area contributed by atoms with Gasteiger partial charge in [-0.25, -0.2) is 0 Å². The second-order valence-corrected chi connectivity index (χ2v) is 10.6. The van der Waals surface area contributed by atoms with E-state index in [1.54, 1.807) is 6.20 Å². The lowest BCUT2D eigenvalue weighted by molar-refractivity contribution is -0.116. The number of pyridine rings is 1. The maximum absolute atomic E-state index is 13.1. The second-order valence-electron chi connectivity index (χ2n) is 9.81. The molecule has 0 saturated carbocycles. The molecule has 1 aliphatic rings. The summed E-state index contributed by atoms with van der Waals surface area (Å²) in [6, 6.07) is 28.8. The molecule has 1 aliphatic heterocycles. The summed E-state index contributed by atoms with van der Waals surface area (Å²) in [6.45, 7) is 2.43. The Labute approximate surface area is 243 Å². The Kier molecular flexibility index (Phi) is 7.24. The number of aryl methyl sites for hydroxylation is 1. The SMILES string of the molecule is Cc1ccc(Cl)cc1-c1ccc([C@@H]2[C@@H](c3ccccn3)NC(=S)N2CCC(=O)Nc2cccc3ccccc23)o1. The zero-order valence-electron chi connectivity index (χ0n) is 21.8. The van der Waals surface area contributed by atoms with Crippen molar-refractivity contribution < 1.29 is 9.21 Å². The van der Waals surface area contributed by atoms with Gasteiger partial charge < -0.3 is 20.0 Å². The Balaban J connectivity index is 1.27. The average molecular weight is 567 g/mol. The number of benzene rings is 3. The molecule has 0 aliphatic carbocycles. The molecule has 3 aromatic carbocycles. The lowest BCUT2D eigenvalue weighted by Crippen LogP contribution is -2.32. The number of hydrogen-bond acceptors (Lipinski definition) is 4. The number of carbonyl (C=O) groups is 1. The summed E-state index contributed by atoms with van der Waals surface area (Å²) in [6.07, 6.45) is 2.01. The van der Waals surface area contributed by atoms with E-state index < -0.39 is 0 Å². The van der Waals surface area contributed by atoms with Crippen LogP contribution >= 0.6 is 23.8 Å². The first-order valence-corrected chi connectivity index (χ1v) is 13.9. The quantitative estimate of drug-likeness (QED) is 0.199. The smallest absolute Gasteiger partial charge is 0.226 e. The third kappa shape index (κ3) is 5.18. The van der Waals surface area contributed by atoms with Crippen LogP contribution in [0.5, 0.6) is 0 Å². The van der Waals surface area contributed by atoms with E-state index in [2.05, 4.69) is 15.6 Å². The first-order valence-electron chi connectivity index (χ1n) is 13.1. The van der Waals surface area contributed by atoms with Gasteiger partial charge in [0, 0.05) is 40.8 Å². The predicted molar refractivity (Wildman–Crippen MR) is 163 cm³/mol. The molecule has 5 aromatic rings. The van der Waals surface area contributed by atoms with Crippen molar-refractivity contribution in [2.75, 3.05) is 11.9 Å². The van der Waals surface area contributed by atoms with Gasteiger partial charge >= 0.3 is 0 Å². The van der Waals surface area contributed by atoms with Crippen molar-refractivity contribution in [3.63, 3.8) is 0 Å². The highest BCUT2D eigenvalue weighted by molar-refractivity contribution is 7.80. The standard InChI is InChI=1S/C32H27ClN4O2S/c1-20-12-13-22(33)19-24(20)27-14-15-28(39-27)31-30(26-10-4-5-17-34-26)36-32(40)37(31)18-16-29(38)35-25-11-6-8-21-7-2-3-9-23(21)25/h2-15,17,19,30-31H,16,18H2,1H3,(H,35,38)(H,36,40)/t30-,31-/m1/s1. The number of furan rings is 1. The molecule has 2 atom stereocenters. The molecule has 1 saturated heterocycles. The minimum absolute atomic E-state index is 0.0890. The summed E-state index contributed by atoms with van der Waals surface area (Å²) in [5.74, 6) is 1.36. The van der Waals surface area contributed by atoms with Gasteiger partial charge in [-0.2, -0.15) is 0 Å². The van der Waals surface area contributed by atoms with Crippen LogP contribution in [-0.2, 0) is 4.79 Å². The number of thiocarbonyl (C=S) groups is 1. The summed E-state index contributed by atoms with van der Waals surface area (Å²) in [4.78, 5) is 19.7. The molecule has 6 rings (SSSR count). The molecular formula is C32H27ClN4O2S. The largest absolute Gasteiger partial charge is 0.459 e. The minimum Gasteiger partial charge on any atom is -0.459 e. The molecule has 0 bridgehead atoms. The van der Waals surface area contributed by atoms with E-state index in [0.29, 0.717) is 16.7 Å². The number of amides is 1. The Morgan fingerprint density at radius 2 is 1.88 bits per heavy atom. The molecule has 6 nitrogen and oxygen atoms in total. The fourth-order valence-electron chi connectivity index (χ4n) is 5.24. The summed E-state index contributed by atoms with van der Waals surface area (Å²) < 4.78 is 6.44. The third-order valence-corrected chi connectivity index (χ3v) is 7.81. The van der Waals surface area contributed by atoms with Gasteiger partial charge in [-0.15, -0.1) is 0 Å². The van der Waals surface area contributed by atoms with E-state index >= 15 is 0 Å². The number of hydrogen-bond donors (Lipinski definition) is 2. The Bertz CT molecular complexity index is 1700. The molecular weight excluding hydrogens is 540 g/mol. The van der Waals surface area contributed by atoms with Crippen molar-refractivity contribution >= 4 is 51.3 Å². The Morgan fingerprint density at radius 1 is 1.05 bits per heavy atom. The van der Waals surface area contributed by atoms with Crippen molar-refractivity contribution in [1.29, 1.82) is 0 Å².